The van der Waals surface area contributed by atoms with E-state index in [2.05, 4.69) is 15.0 Å². The summed E-state index contributed by atoms with van der Waals surface area (Å²) in [6, 6.07) is 7.08. The van der Waals surface area contributed by atoms with E-state index in [4.69, 9.17) is 5.73 Å². The normalized spacial score (nSPS) is 17.8. The highest BCUT2D eigenvalue weighted by molar-refractivity contribution is 6.13. The summed E-state index contributed by atoms with van der Waals surface area (Å²) in [5, 5.41) is 12.4. The summed E-state index contributed by atoms with van der Waals surface area (Å²) in [5.74, 6) is -3.57. The van der Waals surface area contributed by atoms with Crippen LogP contribution >= 0.6 is 0 Å². The monoisotopic (exact) mass is 533 g/mol. The highest BCUT2D eigenvalue weighted by Crippen LogP contribution is 2.50. The highest BCUT2D eigenvalue weighted by Gasteiger charge is 2.53. The molecule has 202 valence electrons. The molecule has 4 rings (SSSR count). The molecule has 2 saturated carbocycles. The van der Waals surface area contributed by atoms with Crippen LogP contribution in [0.5, 0.6) is 5.75 Å². The van der Waals surface area contributed by atoms with Crippen molar-refractivity contribution in [3.05, 3.63) is 65.1 Å². The molecule has 7 nitrogen and oxygen atoms in total. The van der Waals surface area contributed by atoms with Gasteiger partial charge in [0.15, 0.2) is 0 Å². The van der Waals surface area contributed by atoms with Gasteiger partial charge in [-0.15, -0.1) is 13.2 Å². The van der Waals surface area contributed by atoms with E-state index in [1.807, 2.05) is 0 Å². The van der Waals surface area contributed by atoms with E-state index in [0.29, 0.717) is 17.2 Å². The molecule has 0 atom stereocenters. The zero-order chi connectivity index (χ0) is 27.5. The van der Waals surface area contributed by atoms with E-state index >= 15 is 0 Å². The lowest BCUT2D eigenvalue weighted by atomic mass is 9.93. The summed E-state index contributed by atoms with van der Waals surface area (Å²) in [5.41, 5.74) is 5.23. The second-order valence-corrected chi connectivity index (χ2v) is 9.48. The van der Waals surface area contributed by atoms with Crippen molar-refractivity contribution >= 4 is 29.4 Å². The van der Waals surface area contributed by atoms with E-state index in [1.54, 1.807) is 6.21 Å². The zero-order valence-electron chi connectivity index (χ0n) is 20.4. The number of carbonyl (C=O) groups is 2. The summed E-state index contributed by atoms with van der Waals surface area (Å²) in [6.45, 7) is 0. The Morgan fingerprint density at radius 2 is 1.79 bits per heavy atom. The van der Waals surface area contributed by atoms with Crippen LogP contribution in [0.2, 0.25) is 0 Å². The van der Waals surface area contributed by atoms with Gasteiger partial charge in [0.2, 0.25) is 5.91 Å². The van der Waals surface area contributed by atoms with Gasteiger partial charge < -0.3 is 20.9 Å². The van der Waals surface area contributed by atoms with Gasteiger partial charge in [-0.2, -0.15) is 0 Å². The molecule has 0 aliphatic heterocycles. The minimum atomic E-state index is -4.97. The van der Waals surface area contributed by atoms with Crippen LogP contribution in [-0.2, 0) is 10.2 Å². The third kappa shape index (κ3) is 6.15. The van der Waals surface area contributed by atoms with Crippen molar-refractivity contribution in [2.24, 2.45) is 10.7 Å². The number of alkyl halides is 3. The fourth-order valence-electron chi connectivity index (χ4n) is 4.74. The predicted octanol–water partition coefficient (Wildman–Crippen LogP) is 5.80. The molecular formula is C27H27F4N3O4. The Morgan fingerprint density at radius 3 is 2.37 bits per heavy atom. The minimum absolute atomic E-state index is 0.0631. The van der Waals surface area contributed by atoms with Crippen LogP contribution in [0.3, 0.4) is 0 Å². The molecule has 0 aromatic heterocycles. The van der Waals surface area contributed by atoms with E-state index < -0.39 is 35.2 Å². The number of carboxylic acid groups (broad SMARTS) is 1. The van der Waals surface area contributed by atoms with E-state index in [0.717, 1.165) is 37.8 Å². The number of hydrogen-bond acceptors (Lipinski definition) is 5. The van der Waals surface area contributed by atoms with Crippen molar-refractivity contribution < 1.29 is 37.0 Å². The number of aromatic carboxylic acids is 1. The van der Waals surface area contributed by atoms with Crippen molar-refractivity contribution in [3.63, 3.8) is 0 Å². The summed E-state index contributed by atoms with van der Waals surface area (Å²) in [4.78, 5) is 29.7. The molecule has 0 radical (unpaired) electrons. The second kappa shape index (κ2) is 10.8. The van der Waals surface area contributed by atoms with Gasteiger partial charge in [0, 0.05) is 41.3 Å². The van der Waals surface area contributed by atoms with Gasteiger partial charge in [-0.1, -0.05) is 31.4 Å². The Balaban J connectivity index is 1.53. The number of anilines is 1. The molecule has 2 fully saturated rings. The predicted molar refractivity (Wildman–Crippen MR) is 134 cm³/mol. The van der Waals surface area contributed by atoms with Crippen LogP contribution in [0.1, 0.15) is 66.4 Å². The van der Waals surface area contributed by atoms with E-state index in [-0.39, 0.29) is 35.7 Å². The number of allylic oxidation sites excluding steroid dienone is 1. The summed E-state index contributed by atoms with van der Waals surface area (Å²) >= 11 is 0. The largest absolute Gasteiger partial charge is 0.573 e. The molecule has 11 heteroatoms. The van der Waals surface area contributed by atoms with Gasteiger partial charge in [-0.05, 0) is 49.4 Å². The number of nitrogens with zero attached hydrogens (tertiary/aromatic N) is 1. The molecule has 0 saturated heterocycles. The Labute approximate surface area is 216 Å². The smallest absolute Gasteiger partial charge is 0.478 e. The van der Waals surface area contributed by atoms with Gasteiger partial charge in [0.05, 0.1) is 11.0 Å². The Bertz CT molecular complexity index is 1280. The first-order valence-corrected chi connectivity index (χ1v) is 12.2. The molecule has 2 aliphatic rings. The maximum absolute atomic E-state index is 14.7. The molecule has 1 amide bonds. The van der Waals surface area contributed by atoms with Gasteiger partial charge in [0.25, 0.3) is 0 Å². The fraction of sp³-hybridized carbons (Fsp3) is 0.370. The van der Waals surface area contributed by atoms with Gasteiger partial charge >= 0.3 is 12.3 Å². The quantitative estimate of drug-likeness (QED) is 0.293. The fourth-order valence-corrected chi connectivity index (χ4v) is 4.74. The number of carbonyl (C=O) groups excluding carboxylic acids is 1. The number of nitrogens with one attached hydrogen (secondary N) is 1. The molecular weight excluding hydrogens is 506 g/mol. The van der Waals surface area contributed by atoms with Gasteiger partial charge in [-0.25, -0.2) is 9.18 Å². The number of ether oxygens (including phenoxy) is 1. The van der Waals surface area contributed by atoms with Crippen molar-refractivity contribution in [1.82, 2.24) is 0 Å². The number of carboxylic acids is 1. The maximum Gasteiger partial charge on any atom is 0.573 e. The second-order valence-electron chi connectivity index (χ2n) is 9.48. The Kier molecular flexibility index (Phi) is 7.75. The average Bonchev–Trinajstić information content (AvgIpc) is 3.66. The first-order valence-electron chi connectivity index (χ1n) is 12.2. The number of rotatable bonds is 8. The number of aliphatic imine (C=N–C) groups is 1. The van der Waals surface area contributed by atoms with Crippen molar-refractivity contribution in [1.29, 1.82) is 0 Å². The number of halogens is 4. The third-order valence-electron chi connectivity index (χ3n) is 6.87. The molecule has 0 bridgehead atoms. The topological polar surface area (TPSA) is 114 Å². The minimum Gasteiger partial charge on any atom is -0.478 e. The lowest BCUT2D eigenvalue weighted by Crippen LogP contribution is -2.29. The number of amides is 1. The Hall–Kier alpha value is -3.89. The lowest BCUT2D eigenvalue weighted by Gasteiger charge is -2.19. The molecule has 2 aromatic carbocycles. The zero-order valence-corrected chi connectivity index (χ0v) is 20.4. The lowest BCUT2D eigenvalue weighted by molar-refractivity contribution is -0.274. The average molecular weight is 534 g/mol. The highest BCUT2D eigenvalue weighted by atomic mass is 19.4. The van der Waals surface area contributed by atoms with Crippen molar-refractivity contribution in [2.45, 2.75) is 62.8 Å². The third-order valence-corrected chi connectivity index (χ3v) is 6.87. The molecule has 2 aliphatic carbocycles. The van der Waals surface area contributed by atoms with Crippen LogP contribution in [0.15, 0.2) is 47.6 Å². The van der Waals surface area contributed by atoms with Crippen molar-refractivity contribution in [2.75, 3.05) is 5.32 Å². The standard InChI is InChI=1S/C27H27F4N3O4/c28-23-13-19(38-27(29,30)31)7-9-22(23)26(10-11-26)25(37)34-18-6-8-20(21(12-18)24(35)36)16(14-32)15-33-17-4-2-1-3-5-17/h6-9,12-15,17H,1-5,10-11,32H2,(H,34,37)(H,35,36). The molecule has 4 N–H and O–H groups in total. The van der Waals surface area contributed by atoms with Crippen LogP contribution in [-0.4, -0.2) is 35.6 Å². The molecule has 38 heavy (non-hydrogen) atoms. The molecule has 0 spiro atoms. The number of benzene rings is 2. The maximum atomic E-state index is 14.7. The number of hydrogen-bond donors (Lipinski definition) is 3. The van der Waals surface area contributed by atoms with Crippen LogP contribution in [0.4, 0.5) is 23.2 Å². The van der Waals surface area contributed by atoms with E-state index in [1.165, 1.54) is 30.8 Å². The molecule has 0 unspecified atom stereocenters. The SMILES string of the molecule is NC=C(C=NC1CCCCC1)c1ccc(NC(=O)C2(c3ccc(OC(F)(F)F)cc3F)CC2)cc1C(=O)O. The first kappa shape index (κ1) is 27.2. The summed E-state index contributed by atoms with van der Waals surface area (Å²) in [7, 11) is 0. The molecule has 2 aromatic rings. The van der Waals surface area contributed by atoms with Crippen LogP contribution in [0, 0.1) is 5.82 Å². The van der Waals surface area contributed by atoms with Crippen molar-refractivity contribution in [3.8, 4) is 5.75 Å². The molecule has 0 heterocycles. The Morgan fingerprint density at radius 1 is 1.08 bits per heavy atom. The number of nitrogens with two attached hydrogens (primary N) is 1. The van der Waals surface area contributed by atoms with Gasteiger partial charge in [0.1, 0.15) is 11.6 Å². The summed E-state index contributed by atoms with van der Waals surface area (Å²) < 4.78 is 55.7. The van der Waals surface area contributed by atoms with Crippen LogP contribution < -0.4 is 15.8 Å². The summed E-state index contributed by atoms with van der Waals surface area (Å²) in [6.07, 6.45) is 3.71. The van der Waals surface area contributed by atoms with Gasteiger partial charge in [-0.3, -0.25) is 9.79 Å². The first-order chi connectivity index (χ1) is 18.0. The van der Waals surface area contributed by atoms with Crippen LogP contribution in [0.25, 0.3) is 5.57 Å². The van der Waals surface area contributed by atoms with E-state index in [9.17, 15) is 32.3 Å².